The number of nitrogens with zero attached hydrogens (tertiary/aromatic N) is 2. The molecule has 0 fully saturated rings. The molecule has 1 aromatic heterocycles. The Hall–Kier alpha value is -1.81. The normalized spacial score (nSPS) is 17.1. The van der Waals surface area contributed by atoms with Crippen molar-refractivity contribution in [2.24, 2.45) is 5.92 Å². The molecule has 0 aliphatic carbocycles. The molecule has 3 rings (SSSR count). The molecule has 1 atom stereocenters. The average Bonchev–Trinajstić information content (AvgIpc) is 2.81. The maximum Gasteiger partial charge on any atom is 0.308 e. The van der Waals surface area contributed by atoms with E-state index in [2.05, 4.69) is 15.6 Å². The fourth-order valence-corrected chi connectivity index (χ4v) is 2.66. The molecule has 1 aromatic carbocycles. The first-order chi connectivity index (χ1) is 9.15. The minimum atomic E-state index is -0.713. The second-order valence-electron chi connectivity index (χ2n) is 5.13. The van der Waals surface area contributed by atoms with Crippen molar-refractivity contribution in [1.82, 2.24) is 9.55 Å². The smallest absolute Gasteiger partial charge is 0.308 e. The van der Waals surface area contributed by atoms with Crippen LogP contribution in [-0.2, 0) is 17.8 Å². The number of aromatic nitrogens is 2. The van der Waals surface area contributed by atoms with Crippen LogP contribution in [0.4, 0.5) is 0 Å². The second-order valence-corrected chi connectivity index (χ2v) is 5.13. The van der Waals surface area contributed by atoms with Gasteiger partial charge in [0.15, 0.2) is 0 Å². The Morgan fingerprint density at radius 1 is 1.45 bits per heavy atom. The summed E-state index contributed by atoms with van der Waals surface area (Å²) < 4.78 is 2.05. The van der Waals surface area contributed by atoms with Crippen LogP contribution in [0.5, 0.6) is 0 Å². The van der Waals surface area contributed by atoms with Crippen molar-refractivity contribution in [3.63, 3.8) is 0 Å². The molecule has 0 saturated heterocycles. The quantitative estimate of drug-likeness (QED) is 0.926. The first-order valence-corrected chi connectivity index (χ1v) is 6.49. The first-order valence-electron chi connectivity index (χ1n) is 6.49. The predicted octanol–water partition coefficient (Wildman–Crippen LogP) is 2.93. The van der Waals surface area contributed by atoms with Crippen molar-refractivity contribution < 1.29 is 9.90 Å². The zero-order valence-electron chi connectivity index (χ0n) is 11.2. The molecule has 0 bridgehead atoms. The van der Waals surface area contributed by atoms with Crippen molar-refractivity contribution in [3.8, 4) is 11.4 Å². The summed E-state index contributed by atoms with van der Waals surface area (Å²) in [5, 5.41) is 9.17. The Morgan fingerprint density at radius 3 is 2.95 bits per heavy atom. The number of carboxylic acid groups (broad SMARTS) is 1. The van der Waals surface area contributed by atoms with Gasteiger partial charge in [-0.25, -0.2) is 4.98 Å². The number of halogens is 1. The Labute approximate surface area is 123 Å². The van der Waals surface area contributed by atoms with Gasteiger partial charge in [0.25, 0.3) is 0 Å². The van der Waals surface area contributed by atoms with E-state index in [0.29, 0.717) is 13.0 Å². The summed E-state index contributed by atoms with van der Waals surface area (Å²) in [4.78, 5) is 15.6. The Balaban J connectivity index is 0.00000147. The molecule has 0 amide bonds. The molecule has 0 saturated carbocycles. The molecule has 1 unspecified atom stereocenters. The third kappa shape index (κ3) is 2.56. The van der Waals surface area contributed by atoms with Gasteiger partial charge in [0.2, 0.25) is 0 Å². The van der Waals surface area contributed by atoms with Crippen LogP contribution in [0.25, 0.3) is 11.4 Å². The van der Waals surface area contributed by atoms with Crippen molar-refractivity contribution in [2.75, 3.05) is 0 Å². The number of imidazole rings is 1. The number of fused-ring (bicyclic) bond motifs is 1. The van der Waals surface area contributed by atoms with Gasteiger partial charge in [-0.15, -0.1) is 12.4 Å². The number of benzene rings is 1. The Kier molecular flexibility index (Phi) is 4.14. The van der Waals surface area contributed by atoms with Crippen molar-refractivity contribution in [2.45, 2.75) is 26.3 Å². The molecule has 0 spiro atoms. The fourth-order valence-electron chi connectivity index (χ4n) is 2.66. The minimum absolute atomic E-state index is 0. The number of rotatable bonds is 2. The Morgan fingerprint density at radius 2 is 2.25 bits per heavy atom. The van der Waals surface area contributed by atoms with Crippen LogP contribution >= 0.6 is 12.4 Å². The van der Waals surface area contributed by atoms with Gasteiger partial charge < -0.3 is 9.67 Å². The lowest BCUT2D eigenvalue weighted by Gasteiger charge is -2.22. The van der Waals surface area contributed by atoms with E-state index in [-0.39, 0.29) is 18.3 Å². The predicted molar refractivity (Wildman–Crippen MR) is 79.1 cm³/mol. The zero-order valence-corrected chi connectivity index (χ0v) is 12.1. The third-order valence-electron chi connectivity index (χ3n) is 3.72. The van der Waals surface area contributed by atoms with Crippen molar-refractivity contribution in [3.05, 3.63) is 41.7 Å². The van der Waals surface area contributed by atoms with E-state index in [1.54, 1.807) is 0 Å². The summed E-state index contributed by atoms with van der Waals surface area (Å²) in [6.45, 7) is 2.57. The molecule has 1 aliphatic heterocycles. The molecular weight excluding hydrogens is 276 g/mol. The standard InChI is InChI=1S/C15H16N2O2.ClH/c1-10-3-2-4-11(7-10)14-16-8-13-6-5-12(15(18)19)9-17(13)14;/h2-4,7-8,12H,5-6,9H2,1H3,(H,18,19);1H. The minimum Gasteiger partial charge on any atom is -0.481 e. The number of carbonyl (C=O) groups is 1. The van der Waals surface area contributed by atoms with E-state index in [9.17, 15) is 9.90 Å². The number of carboxylic acids is 1. The lowest BCUT2D eigenvalue weighted by atomic mass is 9.98. The number of aliphatic carboxylic acids is 1. The molecule has 106 valence electrons. The van der Waals surface area contributed by atoms with E-state index in [0.717, 1.165) is 23.5 Å². The number of hydrogen-bond acceptors (Lipinski definition) is 2. The highest BCUT2D eigenvalue weighted by Crippen LogP contribution is 2.27. The molecular formula is C15H17ClN2O2. The van der Waals surface area contributed by atoms with E-state index in [4.69, 9.17) is 0 Å². The van der Waals surface area contributed by atoms with Crippen LogP contribution in [0.15, 0.2) is 30.5 Å². The zero-order chi connectivity index (χ0) is 13.4. The van der Waals surface area contributed by atoms with Gasteiger partial charge in [-0.1, -0.05) is 23.8 Å². The van der Waals surface area contributed by atoms with Crippen LogP contribution in [0.1, 0.15) is 17.7 Å². The summed E-state index contributed by atoms with van der Waals surface area (Å²) in [7, 11) is 0. The highest BCUT2D eigenvalue weighted by molar-refractivity contribution is 5.85. The van der Waals surface area contributed by atoms with E-state index < -0.39 is 5.97 Å². The van der Waals surface area contributed by atoms with Gasteiger partial charge in [-0.05, 0) is 25.8 Å². The average molecular weight is 293 g/mol. The number of aryl methyl sites for hydroxylation is 2. The molecule has 2 aromatic rings. The fraction of sp³-hybridized carbons (Fsp3) is 0.333. The lowest BCUT2D eigenvalue weighted by molar-refractivity contribution is -0.142. The summed E-state index contributed by atoms with van der Waals surface area (Å²) in [5.41, 5.74) is 3.37. The van der Waals surface area contributed by atoms with Gasteiger partial charge in [0, 0.05) is 24.0 Å². The van der Waals surface area contributed by atoms with Gasteiger partial charge in [0.1, 0.15) is 5.82 Å². The van der Waals surface area contributed by atoms with Crippen molar-refractivity contribution >= 4 is 18.4 Å². The highest BCUT2D eigenvalue weighted by Gasteiger charge is 2.26. The van der Waals surface area contributed by atoms with Crippen molar-refractivity contribution in [1.29, 1.82) is 0 Å². The topological polar surface area (TPSA) is 55.1 Å². The number of hydrogen-bond donors (Lipinski definition) is 1. The molecule has 4 nitrogen and oxygen atoms in total. The van der Waals surface area contributed by atoms with Gasteiger partial charge in [-0.3, -0.25) is 4.79 Å². The van der Waals surface area contributed by atoms with Gasteiger partial charge in [0.05, 0.1) is 5.92 Å². The third-order valence-corrected chi connectivity index (χ3v) is 3.72. The van der Waals surface area contributed by atoms with Gasteiger partial charge >= 0.3 is 5.97 Å². The molecule has 0 radical (unpaired) electrons. The van der Waals surface area contributed by atoms with Crippen LogP contribution in [0.3, 0.4) is 0 Å². The van der Waals surface area contributed by atoms with Crippen LogP contribution in [-0.4, -0.2) is 20.6 Å². The van der Waals surface area contributed by atoms with E-state index in [1.165, 1.54) is 5.56 Å². The SMILES string of the molecule is Cc1cccc(-c2ncc3n2CC(C(=O)O)CC3)c1.Cl. The van der Waals surface area contributed by atoms with Crippen LogP contribution < -0.4 is 0 Å². The molecule has 2 heterocycles. The maximum absolute atomic E-state index is 11.2. The second kappa shape index (κ2) is 5.67. The summed E-state index contributed by atoms with van der Waals surface area (Å²) >= 11 is 0. The largest absolute Gasteiger partial charge is 0.481 e. The van der Waals surface area contributed by atoms with Gasteiger partial charge in [-0.2, -0.15) is 0 Å². The van der Waals surface area contributed by atoms with E-state index in [1.807, 2.05) is 31.3 Å². The van der Waals surface area contributed by atoms with Crippen LogP contribution in [0, 0.1) is 12.8 Å². The molecule has 1 aliphatic rings. The van der Waals surface area contributed by atoms with E-state index >= 15 is 0 Å². The molecule has 5 heteroatoms. The summed E-state index contributed by atoms with van der Waals surface area (Å²) in [5.74, 6) is -0.135. The maximum atomic E-state index is 11.2. The van der Waals surface area contributed by atoms with Crippen LogP contribution in [0.2, 0.25) is 0 Å². The highest BCUT2D eigenvalue weighted by atomic mass is 35.5. The summed E-state index contributed by atoms with van der Waals surface area (Å²) in [6.07, 6.45) is 3.36. The Bertz CT molecular complexity index is 637. The molecule has 20 heavy (non-hydrogen) atoms. The monoisotopic (exact) mass is 292 g/mol. The molecule has 1 N–H and O–H groups in total. The summed E-state index contributed by atoms with van der Waals surface area (Å²) in [6, 6.07) is 8.15. The first kappa shape index (κ1) is 14.6. The lowest BCUT2D eigenvalue weighted by Crippen LogP contribution is -2.26.